The Morgan fingerprint density at radius 2 is 1.25 bits per heavy atom. The molecule has 0 saturated heterocycles. The second-order valence-electron chi connectivity index (χ2n) is 10.7. The number of anilines is 1. The fraction of sp³-hybridized carbons (Fsp3) is 0.588. The van der Waals surface area contributed by atoms with Gasteiger partial charge < -0.3 is 19.9 Å². The molecule has 0 atom stereocenters. The van der Waals surface area contributed by atoms with Crippen LogP contribution in [0.15, 0.2) is 42.5 Å². The molecule has 2 rings (SSSR count). The Labute approximate surface area is 241 Å². The van der Waals surface area contributed by atoms with Gasteiger partial charge in [0.15, 0.2) is 0 Å². The lowest BCUT2D eigenvalue weighted by atomic mass is 10.0. The van der Waals surface area contributed by atoms with Crippen molar-refractivity contribution in [3.8, 4) is 11.5 Å². The number of unbranched alkanes of at least 4 members (excludes halogenated alkanes) is 15. The lowest BCUT2D eigenvalue weighted by Crippen LogP contribution is -2.15. The minimum Gasteiger partial charge on any atom is -0.507 e. The van der Waals surface area contributed by atoms with Crippen molar-refractivity contribution in [3.63, 3.8) is 0 Å². The van der Waals surface area contributed by atoms with Gasteiger partial charge in [-0.2, -0.15) is 0 Å². The number of rotatable bonds is 22. The molecule has 40 heavy (non-hydrogen) atoms. The van der Waals surface area contributed by atoms with E-state index in [4.69, 9.17) is 4.74 Å². The van der Waals surface area contributed by atoms with E-state index in [1.54, 1.807) is 0 Å². The Morgan fingerprint density at radius 1 is 0.725 bits per heavy atom. The first-order valence-corrected chi connectivity index (χ1v) is 15.5. The molecule has 0 bridgehead atoms. The first-order valence-electron chi connectivity index (χ1n) is 15.5. The highest BCUT2D eigenvalue weighted by molar-refractivity contribution is 5.97. The Bertz CT molecular complexity index is 973. The van der Waals surface area contributed by atoms with Crippen molar-refractivity contribution >= 4 is 17.6 Å². The van der Waals surface area contributed by atoms with E-state index in [0.717, 1.165) is 17.7 Å². The van der Waals surface area contributed by atoms with Gasteiger partial charge in [0.05, 0.1) is 20.1 Å². The number of carbonyl (C=O) groups is 2. The third-order valence-corrected chi connectivity index (χ3v) is 7.24. The molecule has 0 aliphatic rings. The molecule has 0 aromatic heterocycles. The molecule has 2 aromatic carbocycles. The first-order chi connectivity index (χ1) is 19.5. The molecule has 0 unspecified atom stereocenters. The molecule has 2 N–H and O–H groups in total. The van der Waals surface area contributed by atoms with Crippen molar-refractivity contribution in [1.29, 1.82) is 0 Å². The van der Waals surface area contributed by atoms with Gasteiger partial charge in [0.2, 0.25) is 5.91 Å². The number of phenolic OH excluding ortho intramolecular Hbond substituents is 1. The summed E-state index contributed by atoms with van der Waals surface area (Å²) >= 11 is 0. The monoisotopic (exact) mass is 553 g/mol. The van der Waals surface area contributed by atoms with Gasteiger partial charge in [-0.25, -0.2) is 4.79 Å². The van der Waals surface area contributed by atoms with Gasteiger partial charge in [0.25, 0.3) is 0 Å². The molecular formula is C34H51NO5. The van der Waals surface area contributed by atoms with E-state index in [2.05, 4.69) is 17.0 Å². The van der Waals surface area contributed by atoms with E-state index in [9.17, 15) is 14.7 Å². The second-order valence-corrected chi connectivity index (χ2v) is 10.7. The summed E-state index contributed by atoms with van der Waals surface area (Å²) in [5, 5.41) is 12.5. The number of ether oxygens (including phenoxy) is 2. The van der Waals surface area contributed by atoms with Crippen molar-refractivity contribution in [2.24, 2.45) is 0 Å². The topological polar surface area (TPSA) is 84.9 Å². The molecule has 0 saturated carbocycles. The summed E-state index contributed by atoms with van der Waals surface area (Å²) in [4.78, 5) is 24.2. The highest BCUT2D eigenvalue weighted by Gasteiger charge is 2.13. The van der Waals surface area contributed by atoms with E-state index in [0.29, 0.717) is 12.3 Å². The number of methoxy groups -OCH3 is 1. The molecule has 0 radical (unpaired) electrons. The van der Waals surface area contributed by atoms with Gasteiger partial charge in [-0.15, -0.1) is 0 Å². The summed E-state index contributed by atoms with van der Waals surface area (Å²) in [6.45, 7) is 2.99. The summed E-state index contributed by atoms with van der Waals surface area (Å²) < 4.78 is 10.5. The molecular weight excluding hydrogens is 502 g/mol. The van der Waals surface area contributed by atoms with Gasteiger partial charge >= 0.3 is 5.97 Å². The van der Waals surface area contributed by atoms with Crippen LogP contribution in [0.4, 0.5) is 5.69 Å². The van der Waals surface area contributed by atoms with Gasteiger partial charge in [0.1, 0.15) is 17.1 Å². The second kappa shape index (κ2) is 20.8. The van der Waals surface area contributed by atoms with Crippen molar-refractivity contribution in [2.75, 3.05) is 19.0 Å². The zero-order valence-corrected chi connectivity index (χ0v) is 24.8. The van der Waals surface area contributed by atoms with E-state index >= 15 is 0 Å². The number of phenols is 1. The Morgan fingerprint density at radius 3 is 1.77 bits per heavy atom. The SMILES string of the molecule is CCCCCCCCCCCCCCCCCCOc1ccc(CC(=O)Nc2ccc(O)c(C(=O)OC)c2)cc1. The van der Waals surface area contributed by atoms with Crippen LogP contribution in [0, 0.1) is 0 Å². The van der Waals surface area contributed by atoms with Gasteiger partial charge in [0, 0.05) is 5.69 Å². The minimum atomic E-state index is -0.663. The van der Waals surface area contributed by atoms with Gasteiger partial charge in [-0.1, -0.05) is 115 Å². The largest absolute Gasteiger partial charge is 0.507 e. The molecule has 0 fully saturated rings. The van der Waals surface area contributed by atoms with Gasteiger partial charge in [-0.05, 0) is 42.3 Å². The molecule has 0 heterocycles. The molecule has 2 aromatic rings. The van der Waals surface area contributed by atoms with Crippen LogP contribution in [0.1, 0.15) is 126 Å². The normalized spacial score (nSPS) is 10.8. The predicted octanol–water partition coefficient (Wildman–Crippen LogP) is 9.00. The lowest BCUT2D eigenvalue weighted by molar-refractivity contribution is -0.115. The summed E-state index contributed by atoms with van der Waals surface area (Å²) in [6, 6.07) is 11.9. The van der Waals surface area contributed by atoms with Crippen LogP contribution in [-0.2, 0) is 16.0 Å². The number of hydrogen-bond donors (Lipinski definition) is 2. The average molecular weight is 554 g/mol. The Hall–Kier alpha value is -3.02. The first kappa shape index (κ1) is 33.2. The van der Waals surface area contributed by atoms with Crippen LogP contribution in [0.25, 0.3) is 0 Å². The number of carbonyl (C=O) groups excluding carboxylic acids is 2. The van der Waals surface area contributed by atoms with Crippen LogP contribution in [-0.4, -0.2) is 30.7 Å². The maximum Gasteiger partial charge on any atom is 0.341 e. The fourth-order valence-corrected chi connectivity index (χ4v) is 4.82. The van der Waals surface area contributed by atoms with Crippen LogP contribution < -0.4 is 10.1 Å². The van der Waals surface area contributed by atoms with Crippen LogP contribution in [0.2, 0.25) is 0 Å². The summed E-state index contributed by atoms with van der Waals surface area (Å²) in [7, 11) is 1.24. The van der Waals surface area contributed by atoms with Crippen LogP contribution >= 0.6 is 0 Å². The minimum absolute atomic E-state index is 0.00569. The Kier molecular flexibility index (Phi) is 17.3. The molecule has 0 aliphatic heterocycles. The zero-order valence-electron chi connectivity index (χ0n) is 24.8. The molecule has 6 heteroatoms. The highest BCUT2D eigenvalue weighted by atomic mass is 16.5. The number of nitrogens with one attached hydrogen (secondary N) is 1. The van der Waals surface area contributed by atoms with Crippen molar-refractivity contribution < 1.29 is 24.2 Å². The Balaban J connectivity index is 1.48. The molecule has 6 nitrogen and oxygen atoms in total. The third-order valence-electron chi connectivity index (χ3n) is 7.24. The molecule has 222 valence electrons. The molecule has 1 amide bonds. The number of benzene rings is 2. The van der Waals surface area contributed by atoms with Crippen molar-refractivity contribution in [3.05, 3.63) is 53.6 Å². The van der Waals surface area contributed by atoms with E-state index in [1.165, 1.54) is 122 Å². The average Bonchev–Trinajstić information content (AvgIpc) is 2.96. The fourth-order valence-electron chi connectivity index (χ4n) is 4.82. The zero-order chi connectivity index (χ0) is 28.8. The maximum absolute atomic E-state index is 12.4. The smallest absolute Gasteiger partial charge is 0.341 e. The highest BCUT2D eigenvalue weighted by Crippen LogP contribution is 2.23. The van der Waals surface area contributed by atoms with Crippen molar-refractivity contribution in [1.82, 2.24) is 0 Å². The van der Waals surface area contributed by atoms with E-state index in [1.807, 2.05) is 24.3 Å². The van der Waals surface area contributed by atoms with E-state index in [-0.39, 0.29) is 23.6 Å². The summed E-state index contributed by atoms with van der Waals surface area (Å²) in [6.07, 6.45) is 21.9. The number of esters is 1. The predicted molar refractivity (Wildman–Crippen MR) is 163 cm³/mol. The van der Waals surface area contributed by atoms with Crippen LogP contribution in [0.3, 0.4) is 0 Å². The quantitative estimate of drug-likeness (QED) is 0.0863. The summed E-state index contributed by atoms with van der Waals surface area (Å²) in [5.41, 5.74) is 1.28. The number of aromatic hydroxyl groups is 1. The number of amides is 1. The van der Waals surface area contributed by atoms with Crippen LogP contribution in [0.5, 0.6) is 11.5 Å². The van der Waals surface area contributed by atoms with Crippen molar-refractivity contribution in [2.45, 2.75) is 116 Å². The summed E-state index contributed by atoms with van der Waals surface area (Å²) in [5.74, 6) is -0.265. The standard InChI is InChI=1S/C34H51NO5/c1-3-4-5-6-7-8-9-10-11-12-13-14-15-16-17-18-25-40-30-22-19-28(20-23-30)26-33(37)35-29-21-24-32(36)31(27-29)34(38)39-2/h19-24,27,36H,3-18,25-26H2,1-2H3,(H,35,37). The maximum atomic E-state index is 12.4. The third kappa shape index (κ3) is 14.4. The lowest BCUT2D eigenvalue weighted by Gasteiger charge is -2.09. The molecule has 0 spiro atoms. The molecule has 0 aliphatic carbocycles. The van der Waals surface area contributed by atoms with Gasteiger partial charge in [-0.3, -0.25) is 4.79 Å². The van der Waals surface area contributed by atoms with E-state index < -0.39 is 5.97 Å². The number of hydrogen-bond acceptors (Lipinski definition) is 5.